The highest BCUT2D eigenvalue weighted by Crippen LogP contribution is 2.22. The fraction of sp³-hybridized carbons (Fsp3) is 0.143. The smallest absolute Gasteiger partial charge is 0.294 e. The lowest BCUT2D eigenvalue weighted by atomic mass is 10.2. The van der Waals surface area contributed by atoms with Gasteiger partial charge in [-0.25, -0.2) is 0 Å². The summed E-state index contributed by atoms with van der Waals surface area (Å²) in [6, 6.07) is 7.98. The highest BCUT2D eigenvalue weighted by molar-refractivity contribution is 7.86. The van der Waals surface area contributed by atoms with Crippen LogP contribution in [-0.4, -0.2) is 13.0 Å². The van der Waals surface area contributed by atoms with Gasteiger partial charge in [0.1, 0.15) is 0 Å². The third kappa shape index (κ3) is 2.51. The summed E-state index contributed by atoms with van der Waals surface area (Å²) >= 11 is 0. The molecule has 1 aromatic carbocycles. The van der Waals surface area contributed by atoms with Gasteiger partial charge in [0.25, 0.3) is 10.1 Å². The van der Waals surface area contributed by atoms with Crippen molar-refractivity contribution in [3.8, 4) is 0 Å². The summed E-state index contributed by atoms with van der Waals surface area (Å²) in [5, 5.41) is 4.64. The third-order valence-electron chi connectivity index (χ3n) is 1.54. The summed E-state index contributed by atoms with van der Waals surface area (Å²) in [6.45, 7) is 0. The molecule has 0 fully saturated rings. The quantitative estimate of drug-likeness (QED) is 0.338. The van der Waals surface area contributed by atoms with Crippen LogP contribution in [0.5, 0.6) is 0 Å². The molecule has 1 rings (SSSR count). The molecule has 1 unspecified atom stereocenters. The van der Waals surface area contributed by atoms with E-state index in [1.807, 2.05) is 0 Å². The van der Waals surface area contributed by atoms with Gasteiger partial charge < -0.3 is 5.84 Å². The zero-order valence-electron chi connectivity index (χ0n) is 7.11. The Morgan fingerprint density at radius 2 is 1.86 bits per heavy atom. The Balaban J connectivity index is 3.15. The van der Waals surface area contributed by atoms with Crippen molar-refractivity contribution in [2.75, 3.05) is 0 Å². The predicted molar refractivity (Wildman–Crippen MR) is 49.8 cm³/mol. The van der Waals surface area contributed by atoms with Crippen LogP contribution >= 0.6 is 0 Å². The maximum absolute atomic E-state index is 10.9. The van der Waals surface area contributed by atoms with Crippen LogP contribution in [0.25, 0.3) is 0 Å². The highest BCUT2D eigenvalue weighted by atomic mass is 32.2. The Morgan fingerprint density at radius 3 is 2.29 bits per heavy atom. The Kier molecular flexibility index (Phi) is 3.15. The number of hydrogen-bond acceptors (Lipinski definition) is 4. The van der Waals surface area contributed by atoms with E-state index >= 15 is 0 Å². The summed E-state index contributed by atoms with van der Waals surface area (Å²) in [4.78, 5) is 0. The molecule has 0 heterocycles. The Morgan fingerprint density at radius 1 is 1.29 bits per heavy atom. The molecule has 0 saturated heterocycles. The van der Waals surface area contributed by atoms with E-state index in [4.69, 9.17) is 10.4 Å². The molecule has 14 heavy (non-hydrogen) atoms. The number of nitrogens with zero attached hydrogens (tertiary/aromatic N) is 2. The van der Waals surface area contributed by atoms with E-state index < -0.39 is 15.5 Å². The molecule has 0 amide bonds. The first kappa shape index (κ1) is 10.6. The maximum Gasteiger partial charge on any atom is 0.294 e. The molecule has 0 radical (unpaired) electrons. The lowest BCUT2D eigenvalue weighted by molar-refractivity contribution is 0.467. The second-order valence-corrected chi connectivity index (χ2v) is 3.99. The maximum atomic E-state index is 10.9. The van der Waals surface area contributed by atoms with Crippen LogP contribution < -0.4 is 5.84 Å². The van der Waals surface area contributed by atoms with Gasteiger partial charge in [0.05, 0.1) is 0 Å². The second-order valence-electron chi connectivity index (χ2n) is 2.51. The Labute approximate surface area is 81.2 Å². The molecule has 7 heteroatoms. The van der Waals surface area contributed by atoms with E-state index in [1.54, 1.807) is 18.2 Å². The zero-order chi connectivity index (χ0) is 10.6. The van der Waals surface area contributed by atoms with Gasteiger partial charge in [-0.2, -0.15) is 8.42 Å². The number of nitrogens with two attached hydrogens (primary N) is 1. The largest absolute Gasteiger partial charge is 0.305 e. The SMILES string of the molecule is NN=NC(c1ccccc1)S(=O)(=O)O. The average molecular weight is 215 g/mol. The first-order valence-corrected chi connectivity index (χ1v) is 5.17. The second kappa shape index (κ2) is 4.16. The Bertz CT molecular complexity index is 415. The lowest BCUT2D eigenvalue weighted by Gasteiger charge is -2.06. The molecule has 0 spiro atoms. The van der Waals surface area contributed by atoms with Crippen LogP contribution in [0, 0.1) is 0 Å². The third-order valence-corrected chi connectivity index (χ3v) is 2.47. The van der Waals surface area contributed by atoms with Crippen molar-refractivity contribution in [3.63, 3.8) is 0 Å². The molecule has 0 saturated carbocycles. The van der Waals surface area contributed by atoms with Gasteiger partial charge in [0.15, 0.2) is 0 Å². The monoisotopic (exact) mass is 215 g/mol. The first-order chi connectivity index (χ1) is 6.55. The summed E-state index contributed by atoms with van der Waals surface area (Å²) in [5.74, 6) is 4.75. The van der Waals surface area contributed by atoms with Gasteiger partial charge in [-0.05, 0) is 5.56 Å². The molecule has 0 aromatic heterocycles. The average Bonchev–Trinajstić information content (AvgIpc) is 2.14. The van der Waals surface area contributed by atoms with E-state index in [0.29, 0.717) is 5.56 Å². The van der Waals surface area contributed by atoms with E-state index in [-0.39, 0.29) is 0 Å². The molecule has 0 bridgehead atoms. The fourth-order valence-electron chi connectivity index (χ4n) is 0.976. The van der Waals surface area contributed by atoms with Gasteiger partial charge in [-0.1, -0.05) is 35.6 Å². The van der Waals surface area contributed by atoms with Crippen LogP contribution in [-0.2, 0) is 10.1 Å². The van der Waals surface area contributed by atoms with Crippen LogP contribution in [0.3, 0.4) is 0 Å². The summed E-state index contributed by atoms with van der Waals surface area (Å²) in [6.07, 6.45) is 0. The molecule has 1 aromatic rings. The summed E-state index contributed by atoms with van der Waals surface area (Å²) < 4.78 is 30.6. The Hall–Kier alpha value is -1.47. The molecular weight excluding hydrogens is 206 g/mol. The van der Waals surface area contributed by atoms with Crippen molar-refractivity contribution in [1.29, 1.82) is 0 Å². The van der Waals surface area contributed by atoms with E-state index in [9.17, 15) is 8.42 Å². The van der Waals surface area contributed by atoms with Crippen molar-refractivity contribution >= 4 is 10.1 Å². The van der Waals surface area contributed by atoms with Gasteiger partial charge in [-0.3, -0.25) is 4.55 Å². The minimum atomic E-state index is -4.32. The predicted octanol–water partition coefficient (Wildman–Crippen LogP) is 0.899. The summed E-state index contributed by atoms with van der Waals surface area (Å²) in [5.41, 5.74) is 0.309. The standard InChI is InChI=1S/C7H9N3O3S/c8-10-9-7(14(11,12)13)6-4-2-1-3-5-6/h1-5,7H,(H2,8,9)(H,11,12,13). The molecule has 6 nitrogen and oxygen atoms in total. The van der Waals surface area contributed by atoms with Crippen molar-refractivity contribution in [2.24, 2.45) is 16.2 Å². The van der Waals surface area contributed by atoms with Crippen molar-refractivity contribution in [3.05, 3.63) is 35.9 Å². The summed E-state index contributed by atoms with van der Waals surface area (Å²) in [7, 11) is -4.32. The van der Waals surface area contributed by atoms with Crippen molar-refractivity contribution in [2.45, 2.75) is 5.37 Å². The fourth-order valence-corrected chi connectivity index (χ4v) is 1.65. The molecule has 76 valence electrons. The number of hydrogen-bond donors (Lipinski definition) is 2. The van der Waals surface area contributed by atoms with Crippen LogP contribution in [0.2, 0.25) is 0 Å². The molecular formula is C7H9N3O3S. The molecule has 1 atom stereocenters. The van der Waals surface area contributed by atoms with Gasteiger partial charge in [0.2, 0.25) is 5.37 Å². The molecule has 3 N–H and O–H groups in total. The van der Waals surface area contributed by atoms with Gasteiger partial charge >= 0.3 is 0 Å². The van der Waals surface area contributed by atoms with Gasteiger partial charge in [-0.15, -0.1) is 5.11 Å². The van der Waals surface area contributed by atoms with Crippen LogP contribution in [0.4, 0.5) is 0 Å². The molecule has 0 aliphatic heterocycles. The topological polar surface area (TPSA) is 105 Å². The number of benzene rings is 1. The van der Waals surface area contributed by atoms with Gasteiger partial charge in [0, 0.05) is 0 Å². The van der Waals surface area contributed by atoms with E-state index in [0.717, 1.165) is 0 Å². The van der Waals surface area contributed by atoms with Crippen LogP contribution in [0.15, 0.2) is 40.7 Å². The minimum absolute atomic E-state index is 0.309. The normalized spacial score (nSPS) is 14.4. The highest BCUT2D eigenvalue weighted by Gasteiger charge is 2.24. The van der Waals surface area contributed by atoms with E-state index in [1.165, 1.54) is 12.1 Å². The van der Waals surface area contributed by atoms with E-state index in [2.05, 4.69) is 10.3 Å². The molecule has 0 aliphatic carbocycles. The van der Waals surface area contributed by atoms with Crippen molar-refractivity contribution < 1.29 is 13.0 Å². The first-order valence-electron chi connectivity index (χ1n) is 3.67. The lowest BCUT2D eigenvalue weighted by Crippen LogP contribution is -2.09. The minimum Gasteiger partial charge on any atom is -0.305 e. The molecule has 0 aliphatic rings. The zero-order valence-corrected chi connectivity index (χ0v) is 7.92. The number of rotatable bonds is 3. The van der Waals surface area contributed by atoms with Crippen molar-refractivity contribution in [1.82, 2.24) is 0 Å². The van der Waals surface area contributed by atoms with Crippen LogP contribution in [0.1, 0.15) is 10.9 Å².